The van der Waals surface area contributed by atoms with Crippen LogP contribution in [0.3, 0.4) is 0 Å². The van der Waals surface area contributed by atoms with Crippen molar-refractivity contribution in [2.45, 2.75) is 95.3 Å². The summed E-state index contributed by atoms with van der Waals surface area (Å²) in [6.45, 7) is 5.92. The lowest BCUT2D eigenvalue weighted by molar-refractivity contribution is -0.325. The number of likely N-dealkylation sites (N-methyl/N-ethyl adjacent to an activating group) is 1. The second kappa shape index (κ2) is 13.9. The van der Waals surface area contributed by atoms with Crippen molar-refractivity contribution < 1.29 is 49.0 Å². The zero-order valence-corrected chi connectivity index (χ0v) is 21.8. The Balaban J connectivity index is 2.29. The first-order valence-corrected chi connectivity index (χ1v) is 12.3. The van der Waals surface area contributed by atoms with E-state index in [-0.39, 0.29) is 11.8 Å². The Morgan fingerprint density at radius 3 is 2.06 bits per heavy atom. The minimum absolute atomic E-state index is 0.233. The molecule has 11 atom stereocenters. The maximum absolute atomic E-state index is 12.9. The lowest BCUT2D eigenvalue weighted by atomic mass is 9.89. The Kier molecular flexibility index (Phi) is 11.9. The number of nitrogens with one attached hydrogen (secondary N) is 3. The molecule has 0 radical (unpaired) electrons. The standard InChI is InChI=1S/C23H43N3O10/c1-10(2)7-13(24-5)21(32)26-17-19(31)20(15(9-28)35-22(17)33-6)36-23-16(25-12(4)29)18(30)11(3)14(8-27)34-23/h10-11,13-20,22-24,27-28,30-31H,7-9H2,1-6H3,(H,25,29)(H,26,32)/t11?,13-,14?,15?,16?,17?,18?,19?,20?,22?,23?/m0/s1. The normalized spacial score (nSPS) is 38.0. The second-order valence-electron chi connectivity index (χ2n) is 9.86. The summed E-state index contributed by atoms with van der Waals surface area (Å²) >= 11 is 0. The number of aliphatic hydroxyl groups excluding tert-OH is 4. The number of hydrogen-bond donors (Lipinski definition) is 7. The molecule has 2 aliphatic heterocycles. The average Bonchev–Trinajstić information content (AvgIpc) is 2.83. The highest BCUT2D eigenvalue weighted by molar-refractivity contribution is 5.82. The largest absolute Gasteiger partial charge is 0.394 e. The van der Waals surface area contributed by atoms with Crippen molar-refractivity contribution in [3.8, 4) is 0 Å². The molecule has 0 spiro atoms. The fraction of sp³-hybridized carbons (Fsp3) is 0.913. The van der Waals surface area contributed by atoms with Gasteiger partial charge >= 0.3 is 0 Å². The molecule has 2 fully saturated rings. The summed E-state index contributed by atoms with van der Waals surface area (Å²) in [4.78, 5) is 24.7. The van der Waals surface area contributed by atoms with Gasteiger partial charge < -0.3 is 55.3 Å². The summed E-state index contributed by atoms with van der Waals surface area (Å²) in [5.41, 5.74) is 0. The predicted molar refractivity (Wildman–Crippen MR) is 126 cm³/mol. The van der Waals surface area contributed by atoms with Crippen LogP contribution in [0.2, 0.25) is 0 Å². The number of carbonyl (C=O) groups is 2. The fourth-order valence-electron chi connectivity index (χ4n) is 4.64. The number of rotatable bonds is 11. The molecule has 13 heteroatoms. The number of amides is 2. The first kappa shape index (κ1) is 30.8. The van der Waals surface area contributed by atoms with Crippen LogP contribution in [0.25, 0.3) is 0 Å². The molecule has 0 aliphatic carbocycles. The zero-order valence-electron chi connectivity index (χ0n) is 21.8. The van der Waals surface area contributed by atoms with E-state index in [0.29, 0.717) is 6.42 Å². The molecule has 0 aromatic carbocycles. The van der Waals surface area contributed by atoms with Gasteiger partial charge in [-0.1, -0.05) is 20.8 Å². The third kappa shape index (κ3) is 7.33. The molecule has 0 aromatic heterocycles. The van der Waals surface area contributed by atoms with E-state index in [1.54, 1.807) is 14.0 Å². The number of ether oxygens (including phenoxy) is 4. The monoisotopic (exact) mass is 521 g/mol. The Bertz CT molecular complexity index is 714. The Hall–Kier alpha value is -1.42. The highest BCUT2D eigenvalue weighted by Crippen LogP contribution is 2.31. The van der Waals surface area contributed by atoms with E-state index in [4.69, 9.17) is 18.9 Å². The second-order valence-corrected chi connectivity index (χ2v) is 9.86. The highest BCUT2D eigenvalue weighted by atomic mass is 16.7. The summed E-state index contributed by atoms with van der Waals surface area (Å²) in [5.74, 6) is -1.12. The van der Waals surface area contributed by atoms with Crippen molar-refractivity contribution >= 4 is 11.8 Å². The fourth-order valence-corrected chi connectivity index (χ4v) is 4.64. The molecule has 36 heavy (non-hydrogen) atoms. The SMILES string of the molecule is CN[C@@H](CC(C)C)C(=O)NC1C(OC)OC(CO)C(OC2OC(CO)C(C)C(O)C2NC(C)=O)C1O. The summed E-state index contributed by atoms with van der Waals surface area (Å²) in [5, 5.41) is 50.0. The van der Waals surface area contributed by atoms with Crippen molar-refractivity contribution in [1.29, 1.82) is 0 Å². The molecule has 2 aliphatic rings. The zero-order chi connectivity index (χ0) is 27.2. The minimum Gasteiger partial charge on any atom is -0.394 e. The van der Waals surface area contributed by atoms with Gasteiger partial charge in [0.05, 0.1) is 31.5 Å². The maximum atomic E-state index is 12.9. The van der Waals surface area contributed by atoms with Gasteiger partial charge in [-0.25, -0.2) is 0 Å². The molecule has 2 heterocycles. The molecule has 210 valence electrons. The lowest BCUT2D eigenvalue weighted by Gasteiger charge is -2.48. The van der Waals surface area contributed by atoms with Crippen molar-refractivity contribution in [2.24, 2.45) is 11.8 Å². The summed E-state index contributed by atoms with van der Waals surface area (Å²) in [6.07, 6.45) is -7.52. The van der Waals surface area contributed by atoms with Crippen LogP contribution in [0.15, 0.2) is 0 Å². The highest BCUT2D eigenvalue weighted by Gasteiger charge is 2.51. The molecule has 10 unspecified atom stereocenters. The first-order valence-electron chi connectivity index (χ1n) is 12.3. The van der Waals surface area contributed by atoms with E-state index in [1.165, 1.54) is 14.0 Å². The molecule has 0 aromatic rings. The van der Waals surface area contributed by atoms with E-state index >= 15 is 0 Å². The molecule has 13 nitrogen and oxygen atoms in total. The molecule has 2 amide bonds. The third-order valence-corrected chi connectivity index (χ3v) is 6.70. The molecule has 0 bridgehead atoms. The van der Waals surface area contributed by atoms with Crippen LogP contribution >= 0.6 is 0 Å². The third-order valence-electron chi connectivity index (χ3n) is 6.70. The van der Waals surface area contributed by atoms with Gasteiger partial charge in [-0.3, -0.25) is 9.59 Å². The smallest absolute Gasteiger partial charge is 0.237 e. The molecule has 2 saturated heterocycles. The van der Waals surface area contributed by atoms with Gasteiger partial charge in [-0.2, -0.15) is 0 Å². The molecule has 7 N–H and O–H groups in total. The molecular weight excluding hydrogens is 478 g/mol. The van der Waals surface area contributed by atoms with Crippen molar-refractivity contribution in [3.05, 3.63) is 0 Å². The van der Waals surface area contributed by atoms with E-state index < -0.39 is 86.3 Å². The molecule has 0 saturated carbocycles. The van der Waals surface area contributed by atoms with Crippen LogP contribution in [0.4, 0.5) is 0 Å². The van der Waals surface area contributed by atoms with Gasteiger partial charge in [0.15, 0.2) is 12.6 Å². The van der Waals surface area contributed by atoms with Crippen LogP contribution in [-0.2, 0) is 28.5 Å². The Morgan fingerprint density at radius 1 is 0.972 bits per heavy atom. The summed E-state index contributed by atoms with van der Waals surface area (Å²) < 4.78 is 22.9. The van der Waals surface area contributed by atoms with Crippen LogP contribution in [0, 0.1) is 11.8 Å². The van der Waals surface area contributed by atoms with Gasteiger partial charge in [-0.15, -0.1) is 0 Å². The van der Waals surface area contributed by atoms with Gasteiger partial charge in [0.1, 0.15) is 30.4 Å². The average molecular weight is 522 g/mol. The number of hydrogen-bond acceptors (Lipinski definition) is 11. The van der Waals surface area contributed by atoms with Crippen molar-refractivity contribution in [1.82, 2.24) is 16.0 Å². The number of aliphatic hydroxyl groups is 4. The summed E-state index contributed by atoms with van der Waals surface area (Å²) in [7, 11) is 3.00. The number of carbonyl (C=O) groups excluding carboxylic acids is 2. The first-order chi connectivity index (χ1) is 17.0. The quantitative estimate of drug-likeness (QED) is 0.151. The van der Waals surface area contributed by atoms with Gasteiger partial charge in [0, 0.05) is 20.0 Å². The van der Waals surface area contributed by atoms with E-state index in [1.807, 2.05) is 13.8 Å². The van der Waals surface area contributed by atoms with E-state index in [2.05, 4.69) is 16.0 Å². The van der Waals surface area contributed by atoms with Gasteiger partial charge in [0.2, 0.25) is 11.8 Å². The van der Waals surface area contributed by atoms with Gasteiger partial charge in [-0.05, 0) is 19.4 Å². The van der Waals surface area contributed by atoms with Crippen LogP contribution in [0.5, 0.6) is 0 Å². The van der Waals surface area contributed by atoms with Crippen LogP contribution < -0.4 is 16.0 Å². The Morgan fingerprint density at radius 2 is 1.56 bits per heavy atom. The maximum Gasteiger partial charge on any atom is 0.237 e. The topological polar surface area (TPSA) is 188 Å². The van der Waals surface area contributed by atoms with E-state index in [0.717, 1.165) is 0 Å². The number of methoxy groups -OCH3 is 1. The van der Waals surface area contributed by atoms with Crippen molar-refractivity contribution in [3.63, 3.8) is 0 Å². The molecular formula is C23H43N3O10. The molecule has 2 rings (SSSR count). The predicted octanol–water partition coefficient (Wildman–Crippen LogP) is -2.57. The van der Waals surface area contributed by atoms with Crippen LogP contribution in [0.1, 0.15) is 34.1 Å². The minimum atomic E-state index is -1.42. The summed E-state index contributed by atoms with van der Waals surface area (Å²) in [6, 6.07) is -2.63. The van der Waals surface area contributed by atoms with E-state index in [9.17, 15) is 30.0 Å². The van der Waals surface area contributed by atoms with Gasteiger partial charge in [0.25, 0.3) is 0 Å². The van der Waals surface area contributed by atoms with Crippen LogP contribution in [-0.4, -0.2) is 121 Å². The Labute approximate surface area is 211 Å². The lowest BCUT2D eigenvalue weighted by Crippen LogP contribution is -2.69. The van der Waals surface area contributed by atoms with Crippen molar-refractivity contribution in [2.75, 3.05) is 27.4 Å².